The van der Waals surface area contributed by atoms with E-state index in [1.54, 1.807) is 18.2 Å². The van der Waals surface area contributed by atoms with E-state index in [0.717, 1.165) is 15.4 Å². The van der Waals surface area contributed by atoms with Crippen LogP contribution in [0, 0.1) is 0 Å². The number of para-hydroxylation sites is 1. The third-order valence-electron chi connectivity index (χ3n) is 2.76. The van der Waals surface area contributed by atoms with Crippen LogP contribution in [-0.2, 0) is 0 Å². The first-order valence-electron chi connectivity index (χ1n) is 5.56. The minimum Gasteiger partial charge on any atom is -0.507 e. The van der Waals surface area contributed by atoms with Crippen molar-refractivity contribution in [3.63, 3.8) is 0 Å². The van der Waals surface area contributed by atoms with E-state index in [2.05, 4.69) is 25.9 Å². The minimum absolute atomic E-state index is 0.120. The zero-order chi connectivity index (χ0) is 13.4. The van der Waals surface area contributed by atoms with Gasteiger partial charge in [-0.15, -0.1) is 0 Å². The van der Waals surface area contributed by atoms with E-state index in [4.69, 9.17) is 11.6 Å². The molecule has 19 heavy (non-hydrogen) atoms. The van der Waals surface area contributed by atoms with Gasteiger partial charge in [-0.2, -0.15) is 0 Å². The summed E-state index contributed by atoms with van der Waals surface area (Å²) in [7, 11) is 0. The molecule has 0 aliphatic carbocycles. The molecule has 1 N–H and O–H groups in total. The van der Waals surface area contributed by atoms with Crippen LogP contribution in [0.1, 0.15) is 0 Å². The normalized spacial score (nSPS) is 10.8. The van der Waals surface area contributed by atoms with E-state index in [9.17, 15) is 5.11 Å². The Labute approximate surface area is 123 Å². The number of aromatic nitrogens is 2. The topological polar surface area (TPSA) is 46.0 Å². The molecule has 1 heterocycles. The van der Waals surface area contributed by atoms with Gasteiger partial charge in [0.15, 0.2) is 5.82 Å². The van der Waals surface area contributed by atoms with Gasteiger partial charge < -0.3 is 5.11 Å². The molecule has 94 valence electrons. The van der Waals surface area contributed by atoms with Crippen LogP contribution in [0.5, 0.6) is 5.75 Å². The maximum Gasteiger partial charge on any atom is 0.165 e. The number of hydrogen-bond acceptors (Lipinski definition) is 3. The average Bonchev–Trinajstić information content (AvgIpc) is 2.41. The van der Waals surface area contributed by atoms with Crippen molar-refractivity contribution < 1.29 is 5.11 Å². The SMILES string of the molecule is Oc1ccc(Br)cc1-c1nc(Cl)c2ccccc2n1. The van der Waals surface area contributed by atoms with Gasteiger partial charge in [0.1, 0.15) is 10.9 Å². The van der Waals surface area contributed by atoms with Gasteiger partial charge in [0.2, 0.25) is 0 Å². The van der Waals surface area contributed by atoms with Crippen LogP contribution < -0.4 is 0 Å². The number of aromatic hydroxyl groups is 1. The standard InChI is InChI=1S/C14H8BrClN2O/c15-8-5-6-12(19)10(7-8)14-17-11-4-2-1-3-9(11)13(16)18-14/h1-7,19H. The number of fused-ring (bicyclic) bond motifs is 1. The van der Waals surface area contributed by atoms with E-state index >= 15 is 0 Å². The summed E-state index contributed by atoms with van der Waals surface area (Å²) in [6.07, 6.45) is 0. The first-order valence-corrected chi connectivity index (χ1v) is 6.73. The molecule has 2 aromatic carbocycles. The molecule has 0 saturated heterocycles. The molecule has 3 aromatic rings. The molecular weight excluding hydrogens is 328 g/mol. The minimum atomic E-state index is 0.120. The summed E-state index contributed by atoms with van der Waals surface area (Å²) in [6.45, 7) is 0. The molecule has 0 aliphatic heterocycles. The number of rotatable bonds is 1. The van der Waals surface area contributed by atoms with Crippen LogP contribution in [0.25, 0.3) is 22.3 Å². The lowest BCUT2D eigenvalue weighted by atomic mass is 10.1. The number of phenols is 1. The molecule has 1 aromatic heterocycles. The van der Waals surface area contributed by atoms with Crippen LogP contribution in [0.15, 0.2) is 46.9 Å². The van der Waals surface area contributed by atoms with Crippen molar-refractivity contribution in [3.8, 4) is 17.1 Å². The summed E-state index contributed by atoms with van der Waals surface area (Å²) in [5.74, 6) is 0.525. The number of phenolic OH excluding ortho intramolecular Hbond substituents is 1. The Morgan fingerprint density at radius 2 is 1.84 bits per heavy atom. The maximum atomic E-state index is 9.91. The van der Waals surface area contributed by atoms with E-state index in [-0.39, 0.29) is 5.75 Å². The van der Waals surface area contributed by atoms with Gasteiger partial charge in [-0.25, -0.2) is 9.97 Å². The number of benzene rings is 2. The van der Waals surface area contributed by atoms with Crippen LogP contribution in [0.2, 0.25) is 5.15 Å². The van der Waals surface area contributed by atoms with Crippen molar-refractivity contribution in [3.05, 3.63) is 52.1 Å². The fourth-order valence-corrected chi connectivity index (χ4v) is 2.45. The summed E-state index contributed by atoms with van der Waals surface area (Å²) in [4.78, 5) is 8.68. The van der Waals surface area contributed by atoms with Crippen molar-refractivity contribution in [2.45, 2.75) is 0 Å². The first-order chi connectivity index (χ1) is 9.15. The molecule has 3 nitrogen and oxygen atoms in total. The van der Waals surface area contributed by atoms with Gasteiger partial charge in [-0.3, -0.25) is 0 Å². The molecule has 0 amide bonds. The summed E-state index contributed by atoms with van der Waals surface area (Å²) in [6, 6.07) is 12.6. The zero-order valence-electron chi connectivity index (χ0n) is 9.64. The molecule has 0 spiro atoms. The highest BCUT2D eigenvalue weighted by molar-refractivity contribution is 9.10. The zero-order valence-corrected chi connectivity index (χ0v) is 12.0. The average molecular weight is 336 g/mol. The number of nitrogens with zero attached hydrogens (tertiary/aromatic N) is 2. The van der Waals surface area contributed by atoms with E-state index in [0.29, 0.717) is 16.5 Å². The lowest BCUT2D eigenvalue weighted by Crippen LogP contribution is -1.92. The molecule has 3 rings (SSSR count). The lowest BCUT2D eigenvalue weighted by molar-refractivity contribution is 0.477. The van der Waals surface area contributed by atoms with Gasteiger partial charge in [0.05, 0.1) is 11.1 Å². The van der Waals surface area contributed by atoms with Crippen LogP contribution >= 0.6 is 27.5 Å². The molecule has 0 atom stereocenters. The Balaban J connectivity index is 2.28. The van der Waals surface area contributed by atoms with Crippen molar-refractivity contribution >= 4 is 38.4 Å². The Morgan fingerprint density at radius 3 is 2.68 bits per heavy atom. The van der Waals surface area contributed by atoms with Crippen LogP contribution in [0.3, 0.4) is 0 Å². The third kappa shape index (κ3) is 2.29. The largest absolute Gasteiger partial charge is 0.507 e. The van der Waals surface area contributed by atoms with Crippen molar-refractivity contribution in [1.29, 1.82) is 0 Å². The van der Waals surface area contributed by atoms with Crippen molar-refractivity contribution in [2.24, 2.45) is 0 Å². The van der Waals surface area contributed by atoms with Crippen LogP contribution in [0.4, 0.5) is 0 Å². The quantitative estimate of drug-likeness (QED) is 0.670. The lowest BCUT2D eigenvalue weighted by Gasteiger charge is -2.06. The highest BCUT2D eigenvalue weighted by Gasteiger charge is 2.11. The monoisotopic (exact) mass is 334 g/mol. The molecule has 0 saturated carbocycles. The maximum absolute atomic E-state index is 9.91. The van der Waals surface area contributed by atoms with E-state index in [1.807, 2.05) is 24.3 Å². The first kappa shape index (κ1) is 12.4. The molecular formula is C14H8BrClN2O. The van der Waals surface area contributed by atoms with Gasteiger partial charge >= 0.3 is 0 Å². The molecule has 0 radical (unpaired) electrons. The molecule has 0 aliphatic rings. The van der Waals surface area contributed by atoms with Gasteiger partial charge in [-0.1, -0.05) is 39.7 Å². The number of hydrogen-bond donors (Lipinski definition) is 1. The predicted molar refractivity (Wildman–Crippen MR) is 79.3 cm³/mol. The van der Waals surface area contributed by atoms with Gasteiger partial charge in [0, 0.05) is 9.86 Å². The highest BCUT2D eigenvalue weighted by atomic mass is 79.9. The van der Waals surface area contributed by atoms with Gasteiger partial charge in [0.25, 0.3) is 0 Å². The Bertz CT molecular complexity index is 776. The Morgan fingerprint density at radius 1 is 1.05 bits per heavy atom. The molecule has 5 heteroatoms. The predicted octanol–water partition coefficient (Wildman–Crippen LogP) is 4.42. The smallest absolute Gasteiger partial charge is 0.165 e. The summed E-state index contributed by atoms with van der Waals surface area (Å²) >= 11 is 9.52. The Hall–Kier alpha value is -1.65. The third-order valence-corrected chi connectivity index (χ3v) is 3.54. The molecule has 0 bridgehead atoms. The fourth-order valence-electron chi connectivity index (χ4n) is 1.85. The molecule has 0 fully saturated rings. The number of halogens is 2. The second-order valence-corrected chi connectivity index (χ2v) is 5.29. The Kier molecular flexibility index (Phi) is 3.12. The second kappa shape index (κ2) is 4.79. The van der Waals surface area contributed by atoms with E-state index in [1.165, 1.54) is 0 Å². The summed E-state index contributed by atoms with van der Waals surface area (Å²) in [5.41, 5.74) is 1.29. The van der Waals surface area contributed by atoms with Crippen molar-refractivity contribution in [2.75, 3.05) is 0 Å². The van der Waals surface area contributed by atoms with Gasteiger partial charge in [-0.05, 0) is 30.3 Å². The summed E-state index contributed by atoms with van der Waals surface area (Å²) < 4.78 is 0.841. The van der Waals surface area contributed by atoms with E-state index < -0.39 is 0 Å². The molecule has 0 unspecified atom stereocenters. The van der Waals surface area contributed by atoms with Crippen molar-refractivity contribution in [1.82, 2.24) is 9.97 Å². The fraction of sp³-hybridized carbons (Fsp3) is 0. The summed E-state index contributed by atoms with van der Waals surface area (Å²) in [5, 5.41) is 11.1. The second-order valence-electron chi connectivity index (χ2n) is 4.02. The highest BCUT2D eigenvalue weighted by Crippen LogP contribution is 2.32. The van der Waals surface area contributed by atoms with Crippen LogP contribution in [-0.4, -0.2) is 15.1 Å².